The van der Waals surface area contributed by atoms with Crippen LogP contribution in [-0.2, 0) is 4.79 Å². The van der Waals surface area contributed by atoms with Crippen molar-refractivity contribution in [2.45, 2.75) is 51.4 Å². The summed E-state index contributed by atoms with van der Waals surface area (Å²) in [4.78, 5) is 11.0. The fourth-order valence-electron chi connectivity index (χ4n) is 2.57. The van der Waals surface area contributed by atoms with Gasteiger partial charge in [0, 0.05) is 6.61 Å². The molecule has 88 valence electrons. The summed E-state index contributed by atoms with van der Waals surface area (Å²) in [6.07, 6.45) is 8.17. The second kappa shape index (κ2) is 6.83. The molecule has 0 amide bonds. The quantitative estimate of drug-likeness (QED) is 0.668. The third kappa shape index (κ3) is 4.20. The maximum absolute atomic E-state index is 11.0. The first kappa shape index (κ1) is 12.5. The van der Waals surface area contributed by atoms with E-state index < -0.39 is 5.97 Å². The fraction of sp³-hybridized carbons (Fsp3) is 0.917. The van der Waals surface area contributed by atoms with Crippen LogP contribution in [0.3, 0.4) is 0 Å². The van der Waals surface area contributed by atoms with Crippen molar-refractivity contribution in [2.75, 3.05) is 6.61 Å². The minimum Gasteiger partial charge on any atom is -0.481 e. The highest BCUT2D eigenvalue weighted by molar-refractivity contribution is 5.70. The molecule has 3 nitrogen and oxygen atoms in total. The van der Waals surface area contributed by atoms with Crippen LogP contribution in [0, 0.1) is 11.8 Å². The standard InChI is InChI=1S/C12H22O3/c13-9-5-1-2-6-10-7-3-4-8-11(10)12(14)15/h10-11,13H,1-9H2,(H,14,15). The molecule has 0 spiro atoms. The van der Waals surface area contributed by atoms with Gasteiger partial charge in [0.25, 0.3) is 0 Å². The first-order chi connectivity index (χ1) is 7.25. The van der Waals surface area contributed by atoms with E-state index in [4.69, 9.17) is 10.2 Å². The van der Waals surface area contributed by atoms with Crippen molar-refractivity contribution in [3.63, 3.8) is 0 Å². The molecule has 3 heteroatoms. The monoisotopic (exact) mass is 214 g/mol. The third-order valence-electron chi connectivity index (χ3n) is 3.46. The van der Waals surface area contributed by atoms with Gasteiger partial charge in [-0.2, -0.15) is 0 Å². The molecule has 2 N–H and O–H groups in total. The zero-order valence-electron chi connectivity index (χ0n) is 9.32. The van der Waals surface area contributed by atoms with E-state index in [-0.39, 0.29) is 12.5 Å². The van der Waals surface area contributed by atoms with E-state index in [1.165, 1.54) is 6.42 Å². The molecule has 0 aliphatic heterocycles. The lowest BCUT2D eigenvalue weighted by atomic mass is 9.77. The Hall–Kier alpha value is -0.570. The molecule has 2 atom stereocenters. The number of aliphatic hydroxyl groups excluding tert-OH is 1. The van der Waals surface area contributed by atoms with E-state index >= 15 is 0 Å². The highest BCUT2D eigenvalue weighted by atomic mass is 16.4. The van der Waals surface area contributed by atoms with Crippen molar-refractivity contribution in [2.24, 2.45) is 11.8 Å². The van der Waals surface area contributed by atoms with Crippen LogP contribution in [0.25, 0.3) is 0 Å². The lowest BCUT2D eigenvalue weighted by molar-refractivity contribution is -0.145. The van der Waals surface area contributed by atoms with Gasteiger partial charge in [-0.3, -0.25) is 4.79 Å². The number of rotatable bonds is 6. The Kier molecular flexibility index (Phi) is 5.69. The summed E-state index contributed by atoms with van der Waals surface area (Å²) < 4.78 is 0. The van der Waals surface area contributed by atoms with Crippen molar-refractivity contribution < 1.29 is 15.0 Å². The highest BCUT2D eigenvalue weighted by Crippen LogP contribution is 2.33. The first-order valence-electron chi connectivity index (χ1n) is 6.09. The molecule has 1 fully saturated rings. The van der Waals surface area contributed by atoms with Crippen LogP contribution in [0.1, 0.15) is 51.4 Å². The second-order valence-electron chi connectivity index (χ2n) is 4.56. The van der Waals surface area contributed by atoms with Crippen LogP contribution in [0.15, 0.2) is 0 Å². The normalized spacial score (nSPS) is 26.5. The largest absolute Gasteiger partial charge is 0.481 e. The molecule has 1 saturated carbocycles. The van der Waals surface area contributed by atoms with E-state index in [2.05, 4.69) is 0 Å². The number of aliphatic hydroxyl groups is 1. The molecule has 2 unspecified atom stereocenters. The van der Waals surface area contributed by atoms with Crippen LogP contribution in [-0.4, -0.2) is 22.8 Å². The summed E-state index contributed by atoms with van der Waals surface area (Å²) in [6.45, 7) is 0.257. The van der Waals surface area contributed by atoms with E-state index in [1.54, 1.807) is 0 Å². The molecule has 1 aliphatic rings. The lowest BCUT2D eigenvalue weighted by Gasteiger charge is -2.28. The minimum atomic E-state index is -0.609. The molecular weight excluding hydrogens is 192 g/mol. The summed E-state index contributed by atoms with van der Waals surface area (Å²) in [5, 5.41) is 17.7. The van der Waals surface area contributed by atoms with E-state index in [0.29, 0.717) is 5.92 Å². The molecule has 1 rings (SSSR count). The average molecular weight is 214 g/mol. The van der Waals surface area contributed by atoms with Crippen LogP contribution in [0.5, 0.6) is 0 Å². The Balaban J connectivity index is 2.26. The van der Waals surface area contributed by atoms with Gasteiger partial charge in [0.1, 0.15) is 0 Å². The number of hydrogen-bond acceptors (Lipinski definition) is 2. The van der Waals surface area contributed by atoms with Gasteiger partial charge in [-0.1, -0.05) is 25.7 Å². The number of hydrogen-bond donors (Lipinski definition) is 2. The number of aliphatic carboxylic acids is 1. The van der Waals surface area contributed by atoms with Crippen molar-refractivity contribution in [1.29, 1.82) is 0 Å². The summed E-state index contributed by atoms with van der Waals surface area (Å²) in [7, 11) is 0. The molecule has 0 bridgehead atoms. The predicted octanol–water partition coefficient (Wildman–Crippen LogP) is 2.43. The zero-order chi connectivity index (χ0) is 11.1. The smallest absolute Gasteiger partial charge is 0.306 e. The van der Waals surface area contributed by atoms with Crippen LogP contribution >= 0.6 is 0 Å². The Bertz CT molecular complexity index is 191. The topological polar surface area (TPSA) is 57.5 Å². The van der Waals surface area contributed by atoms with Crippen molar-refractivity contribution in [1.82, 2.24) is 0 Å². The van der Waals surface area contributed by atoms with Crippen molar-refractivity contribution in [3.05, 3.63) is 0 Å². The number of unbranched alkanes of at least 4 members (excludes halogenated alkanes) is 2. The maximum atomic E-state index is 11.0. The van der Waals surface area contributed by atoms with E-state index in [0.717, 1.165) is 44.9 Å². The Morgan fingerprint density at radius 2 is 1.87 bits per heavy atom. The summed E-state index contributed by atoms with van der Waals surface area (Å²) in [5.74, 6) is -0.329. The number of carboxylic acid groups (broad SMARTS) is 1. The molecule has 0 radical (unpaired) electrons. The number of carboxylic acids is 1. The van der Waals surface area contributed by atoms with Crippen molar-refractivity contribution >= 4 is 5.97 Å². The van der Waals surface area contributed by atoms with Gasteiger partial charge in [0.2, 0.25) is 0 Å². The van der Waals surface area contributed by atoms with Gasteiger partial charge < -0.3 is 10.2 Å². The molecular formula is C12H22O3. The summed E-state index contributed by atoms with van der Waals surface area (Å²) in [5.41, 5.74) is 0. The maximum Gasteiger partial charge on any atom is 0.306 e. The molecule has 0 aromatic rings. The molecule has 0 aromatic carbocycles. The second-order valence-corrected chi connectivity index (χ2v) is 4.56. The first-order valence-corrected chi connectivity index (χ1v) is 6.09. The van der Waals surface area contributed by atoms with Gasteiger partial charge in [-0.15, -0.1) is 0 Å². The Morgan fingerprint density at radius 3 is 2.53 bits per heavy atom. The average Bonchev–Trinajstić information content (AvgIpc) is 2.25. The Labute approximate surface area is 91.5 Å². The highest BCUT2D eigenvalue weighted by Gasteiger charge is 2.29. The molecule has 15 heavy (non-hydrogen) atoms. The third-order valence-corrected chi connectivity index (χ3v) is 3.46. The van der Waals surface area contributed by atoms with Crippen LogP contribution < -0.4 is 0 Å². The van der Waals surface area contributed by atoms with Crippen molar-refractivity contribution in [3.8, 4) is 0 Å². The van der Waals surface area contributed by atoms with E-state index in [1.807, 2.05) is 0 Å². The van der Waals surface area contributed by atoms with Gasteiger partial charge in [0.05, 0.1) is 5.92 Å². The van der Waals surface area contributed by atoms with Gasteiger partial charge in [-0.25, -0.2) is 0 Å². The summed E-state index contributed by atoms with van der Waals surface area (Å²) in [6, 6.07) is 0. The zero-order valence-corrected chi connectivity index (χ0v) is 9.32. The van der Waals surface area contributed by atoms with Crippen LogP contribution in [0.4, 0.5) is 0 Å². The summed E-state index contributed by atoms with van der Waals surface area (Å²) >= 11 is 0. The molecule has 0 saturated heterocycles. The predicted molar refractivity (Wildman–Crippen MR) is 58.6 cm³/mol. The van der Waals surface area contributed by atoms with E-state index in [9.17, 15) is 4.79 Å². The lowest BCUT2D eigenvalue weighted by Crippen LogP contribution is -2.26. The fourth-order valence-corrected chi connectivity index (χ4v) is 2.57. The minimum absolute atomic E-state index is 0.104. The van der Waals surface area contributed by atoms with Crippen LogP contribution in [0.2, 0.25) is 0 Å². The SMILES string of the molecule is O=C(O)C1CCCCC1CCCCCO. The number of carbonyl (C=O) groups is 1. The Morgan fingerprint density at radius 1 is 1.13 bits per heavy atom. The molecule has 0 heterocycles. The van der Waals surface area contributed by atoms with Gasteiger partial charge in [0.15, 0.2) is 0 Å². The molecule has 1 aliphatic carbocycles. The van der Waals surface area contributed by atoms with Gasteiger partial charge >= 0.3 is 5.97 Å². The molecule has 0 aromatic heterocycles. The van der Waals surface area contributed by atoms with Gasteiger partial charge in [-0.05, 0) is 31.6 Å².